The fraction of sp³-hybridized carbons (Fsp3) is 0.421. The van der Waals surface area contributed by atoms with Gasteiger partial charge in [0.05, 0.1) is 5.56 Å². The normalized spacial score (nSPS) is 17.3. The molecule has 1 N–H and O–H groups in total. The predicted octanol–water partition coefficient (Wildman–Crippen LogP) is 3.00. The Labute approximate surface area is 164 Å². The summed E-state index contributed by atoms with van der Waals surface area (Å²) < 4.78 is 43.9. The van der Waals surface area contributed by atoms with Crippen LogP contribution in [-0.4, -0.2) is 47.9 Å². The second kappa shape index (κ2) is 7.41. The average Bonchev–Trinajstić information content (AvgIpc) is 3.47. The quantitative estimate of drug-likeness (QED) is 0.842. The number of benzene rings is 1. The van der Waals surface area contributed by atoms with Crippen LogP contribution in [-0.2, 0) is 11.0 Å². The van der Waals surface area contributed by atoms with Crippen molar-refractivity contribution >= 4 is 23.5 Å². The molecule has 1 saturated heterocycles. The topological polar surface area (TPSA) is 78.7 Å². The molecule has 1 aliphatic heterocycles. The van der Waals surface area contributed by atoms with Gasteiger partial charge in [-0.1, -0.05) is 6.07 Å². The molecule has 154 valence electrons. The largest absolute Gasteiger partial charge is 0.431 e. The van der Waals surface area contributed by atoms with Crippen LogP contribution in [0.1, 0.15) is 28.9 Å². The van der Waals surface area contributed by atoms with E-state index in [9.17, 15) is 22.8 Å². The van der Waals surface area contributed by atoms with E-state index >= 15 is 0 Å². The summed E-state index contributed by atoms with van der Waals surface area (Å²) in [6, 6.07) is 5.15. The van der Waals surface area contributed by atoms with Gasteiger partial charge in [-0.2, -0.15) is 18.2 Å². The first-order valence-electron chi connectivity index (χ1n) is 9.29. The van der Waals surface area contributed by atoms with Gasteiger partial charge in [0.2, 0.25) is 5.91 Å². The summed E-state index contributed by atoms with van der Waals surface area (Å²) in [7, 11) is 0. The smallest absolute Gasteiger partial charge is 0.416 e. The zero-order chi connectivity index (χ0) is 20.6. The van der Waals surface area contributed by atoms with Gasteiger partial charge in [0, 0.05) is 37.8 Å². The lowest BCUT2D eigenvalue weighted by atomic mass is 10.1. The van der Waals surface area contributed by atoms with Crippen LogP contribution in [0.2, 0.25) is 0 Å². The highest BCUT2D eigenvalue weighted by Gasteiger charge is 2.32. The Morgan fingerprint density at radius 2 is 1.86 bits per heavy atom. The third-order valence-electron chi connectivity index (χ3n) is 5.01. The summed E-state index contributed by atoms with van der Waals surface area (Å²) in [6.45, 7) is 1.48. The third kappa shape index (κ3) is 4.36. The van der Waals surface area contributed by atoms with Crippen LogP contribution in [0.5, 0.6) is 0 Å². The van der Waals surface area contributed by atoms with E-state index in [0.29, 0.717) is 31.9 Å². The van der Waals surface area contributed by atoms with Crippen molar-refractivity contribution in [2.75, 3.05) is 36.4 Å². The number of hydrogen-bond acceptors (Lipinski definition) is 5. The van der Waals surface area contributed by atoms with Gasteiger partial charge in [-0.05, 0) is 31.0 Å². The fourth-order valence-corrected chi connectivity index (χ4v) is 3.19. The number of piperazine rings is 1. The van der Waals surface area contributed by atoms with Gasteiger partial charge in [-0.25, -0.2) is 0 Å². The lowest BCUT2D eigenvalue weighted by molar-refractivity contribution is -0.137. The maximum Gasteiger partial charge on any atom is 0.416 e. The molecule has 2 fully saturated rings. The van der Waals surface area contributed by atoms with E-state index < -0.39 is 11.7 Å². The van der Waals surface area contributed by atoms with Gasteiger partial charge in [-0.3, -0.25) is 14.9 Å². The SMILES string of the molecule is O=C(Nc1nc(C(=O)N2CCN(c3cccc(C(F)(F)F)c3)CC2)co1)C1CC1. The molecule has 4 rings (SSSR count). The van der Waals surface area contributed by atoms with E-state index in [1.165, 1.54) is 12.3 Å². The Morgan fingerprint density at radius 3 is 2.52 bits per heavy atom. The molecule has 2 aromatic rings. The van der Waals surface area contributed by atoms with Crippen LogP contribution in [0.3, 0.4) is 0 Å². The van der Waals surface area contributed by atoms with Crippen LogP contribution in [0, 0.1) is 5.92 Å². The molecule has 7 nitrogen and oxygen atoms in total. The number of aromatic nitrogens is 1. The molecule has 0 radical (unpaired) electrons. The number of hydrogen-bond donors (Lipinski definition) is 1. The van der Waals surface area contributed by atoms with E-state index in [2.05, 4.69) is 10.3 Å². The van der Waals surface area contributed by atoms with Gasteiger partial charge in [0.25, 0.3) is 5.91 Å². The zero-order valence-electron chi connectivity index (χ0n) is 15.4. The number of nitrogens with zero attached hydrogens (tertiary/aromatic N) is 3. The Morgan fingerprint density at radius 1 is 1.14 bits per heavy atom. The van der Waals surface area contributed by atoms with Crippen molar-refractivity contribution in [1.29, 1.82) is 0 Å². The van der Waals surface area contributed by atoms with Gasteiger partial charge < -0.3 is 14.2 Å². The Hall–Kier alpha value is -3.04. The predicted molar refractivity (Wildman–Crippen MR) is 97.4 cm³/mol. The van der Waals surface area contributed by atoms with Crippen molar-refractivity contribution in [1.82, 2.24) is 9.88 Å². The molecular formula is C19H19F3N4O3. The molecular weight excluding hydrogens is 389 g/mol. The molecule has 2 amide bonds. The Kier molecular flexibility index (Phi) is 4.93. The molecule has 0 bridgehead atoms. The Balaban J connectivity index is 1.35. The first kappa shape index (κ1) is 19.3. The molecule has 0 atom stereocenters. The monoisotopic (exact) mass is 408 g/mol. The van der Waals surface area contributed by atoms with Crippen LogP contribution in [0.4, 0.5) is 24.9 Å². The Bertz CT molecular complexity index is 915. The number of oxazole rings is 1. The molecule has 29 heavy (non-hydrogen) atoms. The average molecular weight is 408 g/mol. The fourth-order valence-electron chi connectivity index (χ4n) is 3.19. The van der Waals surface area contributed by atoms with Crippen molar-refractivity contribution in [3.63, 3.8) is 0 Å². The molecule has 1 saturated carbocycles. The van der Waals surface area contributed by atoms with Crippen LogP contribution >= 0.6 is 0 Å². The first-order valence-corrected chi connectivity index (χ1v) is 9.29. The zero-order valence-corrected chi connectivity index (χ0v) is 15.4. The second-order valence-electron chi connectivity index (χ2n) is 7.13. The molecule has 10 heteroatoms. The molecule has 2 aliphatic rings. The standard InChI is InChI=1S/C19H19F3N4O3/c20-19(21,22)13-2-1-3-14(10-13)25-6-8-26(9-7-25)17(28)15-11-29-18(23-15)24-16(27)12-4-5-12/h1-3,10-12H,4-9H2,(H,23,24,27). The summed E-state index contributed by atoms with van der Waals surface area (Å²) in [5.41, 5.74) is -0.140. The summed E-state index contributed by atoms with van der Waals surface area (Å²) in [5.74, 6) is -0.519. The molecule has 0 unspecified atom stereocenters. The number of carbonyl (C=O) groups is 2. The van der Waals surface area contributed by atoms with Crippen molar-refractivity contribution < 1.29 is 27.2 Å². The van der Waals surface area contributed by atoms with Crippen molar-refractivity contribution in [2.45, 2.75) is 19.0 Å². The van der Waals surface area contributed by atoms with Crippen LogP contribution in [0.15, 0.2) is 34.9 Å². The highest BCUT2D eigenvalue weighted by Crippen LogP contribution is 2.32. The lowest BCUT2D eigenvalue weighted by Crippen LogP contribution is -2.49. The molecule has 1 aliphatic carbocycles. The third-order valence-corrected chi connectivity index (χ3v) is 5.01. The highest BCUT2D eigenvalue weighted by molar-refractivity contribution is 5.95. The van der Waals surface area contributed by atoms with E-state index in [1.807, 2.05) is 4.90 Å². The minimum absolute atomic E-state index is 0.00662. The summed E-state index contributed by atoms with van der Waals surface area (Å²) in [6.07, 6.45) is -1.51. The number of nitrogens with one attached hydrogen (secondary N) is 1. The summed E-state index contributed by atoms with van der Waals surface area (Å²) in [4.78, 5) is 31.7. The van der Waals surface area contributed by atoms with E-state index in [4.69, 9.17) is 4.42 Å². The van der Waals surface area contributed by atoms with Crippen LogP contribution < -0.4 is 10.2 Å². The minimum atomic E-state index is -4.40. The maximum absolute atomic E-state index is 12.9. The molecule has 0 spiro atoms. The van der Waals surface area contributed by atoms with E-state index in [-0.39, 0.29) is 29.4 Å². The number of rotatable bonds is 4. The maximum atomic E-state index is 12.9. The minimum Gasteiger partial charge on any atom is -0.431 e. The van der Waals surface area contributed by atoms with Crippen LogP contribution in [0.25, 0.3) is 0 Å². The van der Waals surface area contributed by atoms with Crippen molar-refractivity contribution in [3.8, 4) is 0 Å². The van der Waals surface area contributed by atoms with Gasteiger partial charge in [0.1, 0.15) is 6.26 Å². The van der Waals surface area contributed by atoms with Crippen molar-refractivity contribution in [2.24, 2.45) is 5.92 Å². The van der Waals surface area contributed by atoms with E-state index in [1.54, 1.807) is 11.0 Å². The summed E-state index contributed by atoms with van der Waals surface area (Å²) in [5, 5.41) is 2.54. The molecule has 1 aromatic carbocycles. The number of anilines is 2. The van der Waals surface area contributed by atoms with Gasteiger partial charge >= 0.3 is 12.2 Å². The lowest BCUT2D eigenvalue weighted by Gasteiger charge is -2.36. The second-order valence-corrected chi connectivity index (χ2v) is 7.13. The first-order chi connectivity index (χ1) is 13.8. The molecule has 2 heterocycles. The van der Waals surface area contributed by atoms with Gasteiger partial charge in [0.15, 0.2) is 5.69 Å². The number of alkyl halides is 3. The highest BCUT2D eigenvalue weighted by atomic mass is 19.4. The number of carbonyl (C=O) groups excluding carboxylic acids is 2. The van der Waals surface area contributed by atoms with Gasteiger partial charge in [-0.15, -0.1) is 0 Å². The number of amides is 2. The van der Waals surface area contributed by atoms with E-state index in [0.717, 1.165) is 25.0 Å². The van der Waals surface area contributed by atoms with Crippen molar-refractivity contribution in [3.05, 3.63) is 41.8 Å². The molecule has 1 aromatic heterocycles. The number of halogens is 3. The summed E-state index contributed by atoms with van der Waals surface area (Å²) >= 11 is 0.